The van der Waals surface area contributed by atoms with Crippen LogP contribution in [0.4, 0.5) is 13.2 Å². The third-order valence-corrected chi connectivity index (χ3v) is 3.36. The van der Waals surface area contributed by atoms with Crippen LogP contribution in [-0.4, -0.2) is 40.4 Å². The number of aromatic nitrogens is 1. The second-order valence-corrected chi connectivity index (χ2v) is 4.78. The number of aliphatic carboxylic acids is 1. The maximum absolute atomic E-state index is 12.9. The first kappa shape index (κ1) is 13.9. The second kappa shape index (κ2) is 4.52. The van der Waals surface area contributed by atoms with Gasteiger partial charge in [-0.1, -0.05) is 5.16 Å². The van der Waals surface area contributed by atoms with E-state index in [9.17, 15) is 18.0 Å². The molecule has 2 rings (SSSR count). The molecule has 5 nitrogen and oxygen atoms in total. The Morgan fingerprint density at radius 3 is 2.74 bits per heavy atom. The number of halogens is 3. The smallest absolute Gasteiger partial charge is 0.406 e. The van der Waals surface area contributed by atoms with Gasteiger partial charge in [-0.25, -0.2) is 0 Å². The molecule has 1 aromatic rings. The van der Waals surface area contributed by atoms with Crippen molar-refractivity contribution in [1.82, 2.24) is 10.1 Å². The Hall–Kier alpha value is -1.57. The van der Waals surface area contributed by atoms with E-state index in [4.69, 9.17) is 9.63 Å². The molecular weight excluding hydrogens is 265 g/mol. The molecular formula is C11H13F3N2O3. The first-order valence-electron chi connectivity index (χ1n) is 5.69. The van der Waals surface area contributed by atoms with Gasteiger partial charge in [0, 0.05) is 19.2 Å². The van der Waals surface area contributed by atoms with Crippen molar-refractivity contribution in [3.05, 3.63) is 17.5 Å². The van der Waals surface area contributed by atoms with Gasteiger partial charge in [0.1, 0.15) is 0 Å². The monoisotopic (exact) mass is 278 g/mol. The zero-order valence-corrected chi connectivity index (χ0v) is 10.2. The Bertz CT molecular complexity index is 486. The van der Waals surface area contributed by atoms with E-state index < -0.39 is 30.5 Å². The zero-order chi connectivity index (χ0) is 14.3. The van der Waals surface area contributed by atoms with Gasteiger partial charge >= 0.3 is 12.1 Å². The minimum Gasteiger partial charge on any atom is -0.481 e. The number of hydrogen-bond donors (Lipinski definition) is 1. The van der Waals surface area contributed by atoms with Crippen molar-refractivity contribution in [3.8, 4) is 0 Å². The van der Waals surface area contributed by atoms with Crippen molar-refractivity contribution in [2.45, 2.75) is 26.1 Å². The lowest BCUT2D eigenvalue weighted by Crippen LogP contribution is -2.47. The minimum atomic E-state index is -4.76. The molecule has 2 heterocycles. The van der Waals surface area contributed by atoms with Crippen molar-refractivity contribution < 1.29 is 27.6 Å². The molecule has 8 heteroatoms. The maximum atomic E-state index is 12.9. The van der Waals surface area contributed by atoms with E-state index in [0.717, 1.165) is 0 Å². The standard InChI is InChI=1S/C11H13F3N2O3/c1-7-4-8(19-15-7)5-16-3-2-10(6-16,9(17)18)11(12,13)14/h4H,2-3,5-6H2,1H3,(H,17,18). The molecule has 1 aliphatic rings. The molecule has 1 N–H and O–H groups in total. The van der Waals surface area contributed by atoms with Crippen molar-refractivity contribution in [3.63, 3.8) is 0 Å². The number of likely N-dealkylation sites (tertiary alicyclic amines) is 1. The highest BCUT2D eigenvalue weighted by Gasteiger charge is 2.63. The van der Waals surface area contributed by atoms with Crippen LogP contribution in [0.25, 0.3) is 0 Å². The summed E-state index contributed by atoms with van der Waals surface area (Å²) in [5.74, 6) is -1.39. The summed E-state index contributed by atoms with van der Waals surface area (Å²) in [7, 11) is 0. The molecule has 1 fully saturated rings. The third-order valence-electron chi connectivity index (χ3n) is 3.36. The molecule has 1 unspecified atom stereocenters. The van der Waals surface area contributed by atoms with Gasteiger partial charge in [-0.2, -0.15) is 13.2 Å². The Balaban J connectivity index is 2.11. The molecule has 0 saturated carbocycles. The molecule has 106 valence electrons. The van der Waals surface area contributed by atoms with Gasteiger partial charge in [0.25, 0.3) is 0 Å². The van der Waals surface area contributed by atoms with Gasteiger partial charge < -0.3 is 9.63 Å². The number of rotatable bonds is 3. The first-order chi connectivity index (χ1) is 8.74. The van der Waals surface area contributed by atoms with Crippen molar-refractivity contribution in [1.29, 1.82) is 0 Å². The summed E-state index contributed by atoms with van der Waals surface area (Å²) in [6.07, 6.45) is -5.20. The fraction of sp³-hybridized carbons (Fsp3) is 0.636. The molecule has 0 bridgehead atoms. The molecule has 1 aliphatic heterocycles. The quantitative estimate of drug-likeness (QED) is 0.913. The number of carbonyl (C=O) groups is 1. The number of hydrogen-bond acceptors (Lipinski definition) is 4. The first-order valence-corrected chi connectivity index (χ1v) is 5.69. The largest absolute Gasteiger partial charge is 0.481 e. The molecule has 0 spiro atoms. The van der Waals surface area contributed by atoms with Crippen molar-refractivity contribution in [2.75, 3.05) is 13.1 Å². The van der Waals surface area contributed by atoms with Crippen LogP contribution in [0.3, 0.4) is 0 Å². The van der Waals surface area contributed by atoms with E-state index in [0.29, 0.717) is 11.5 Å². The van der Waals surface area contributed by atoms with Crippen molar-refractivity contribution >= 4 is 5.97 Å². The lowest BCUT2D eigenvalue weighted by atomic mass is 9.86. The molecule has 0 radical (unpaired) electrons. The molecule has 1 aromatic heterocycles. The average Bonchev–Trinajstić information content (AvgIpc) is 2.85. The number of carboxylic acid groups (broad SMARTS) is 1. The fourth-order valence-corrected chi connectivity index (χ4v) is 2.26. The Labute approximate surface area is 107 Å². The van der Waals surface area contributed by atoms with Gasteiger partial charge in [-0.3, -0.25) is 9.69 Å². The summed E-state index contributed by atoms with van der Waals surface area (Å²) in [5.41, 5.74) is -2.04. The summed E-state index contributed by atoms with van der Waals surface area (Å²) in [4.78, 5) is 12.4. The van der Waals surface area contributed by atoms with E-state index in [1.807, 2.05) is 0 Å². The number of nitrogens with zero attached hydrogens (tertiary/aromatic N) is 2. The molecule has 0 amide bonds. The Morgan fingerprint density at radius 2 is 2.32 bits per heavy atom. The van der Waals surface area contributed by atoms with Crippen LogP contribution in [0, 0.1) is 12.3 Å². The lowest BCUT2D eigenvalue weighted by Gasteiger charge is -2.27. The van der Waals surface area contributed by atoms with Gasteiger partial charge in [-0.05, 0) is 13.3 Å². The Kier molecular flexibility index (Phi) is 3.29. The van der Waals surface area contributed by atoms with Gasteiger partial charge in [-0.15, -0.1) is 0 Å². The summed E-state index contributed by atoms with van der Waals surface area (Å²) in [6.45, 7) is 1.33. The Morgan fingerprint density at radius 1 is 1.63 bits per heavy atom. The normalized spacial score (nSPS) is 24.8. The maximum Gasteiger partial charge on any atom is 0.406 e. The fourth-order valence-electron chi connectivity index (χ4n) is 2.26. The number of carboxylic acids is 1. The highest BCUT2D eigenvalue weighted by atomic mass is 19.4. The highest BCUT2D eigenvalue weighted by molar-refractivity contribution is 5.76. The van der Waals surface area contributed by atoms with Crippen molar-refractivity contribution in [2.24, 2.45) is 5.41 Å². The predicted octanol–water partition coefficient (Wildman–Crippen LogP) is 1.82. The van der Waals surface area contributed by atoms with Crippen LogP contribution < -0.4 is 0 Å². The predicted molar refractivity (Wildman–Crippen MR) is 57.3 cm³/mol. The molecule has 0 aromatic carbocycles. The second-order valence-electron chi connectivity index (χ2n) is 4.78. The zero-order valence-electron chi connectivity index (χ0n) is 10.2. The average molecular weight is 278 g/mol. The molecule has 1 atom stereocenters. The van der Waals surface area contributed by atoms with Crippen LogP contribution in [0.2, 0.25) is 0 Å². The lowest BCUT2D eigenvalue weighted by molar-refractivity contribution is -0.227. The summed E-state index contributed by atoms with van der Waals surface area (Å²) < 4.78 is 43.7. The van der Waals surface area contributed by atoms with Gasteiger partial charge in [0.15, 0.2) is 11.2 Å². The number of aryl methyl sites for hydroxylation is 1. The van der Waals surface area contributed by atoms with E-state index in [1.54, 1.807) is 13.0 Å². The minimum absolute atomic E-state index is 0.0611. The topological polar surface area (TPSA) is 66.6 Å². The highest BCUT2D eigenvalue weighted by Crippen LogP contribution is 2.45. The molecule has 1 saturated heterocycles. The summed E-state index contributed by atoms with van der Waals surface area (Å²) >= 11 is 0. The molecule has 19 heavy (non-hydrogen) atoms. The van der Waals surface area contributed by atoms with Crippen LogP contribution in [0.15, 0.2) is 10.6 Å². The van der Waals surface area contributed by atoms with E-state index in [2.05, 4.69) is 5.16 Å². The van der Waals surface area contributed by atoms with Crippen LogP contribution >= 0.6 is 0 Å². The van der Waals surface area contributed by atoms with Gasteiger partial charge in [0.05, 0.1) is 12.2 Å². The van der Waals surface area contributed by atoms with E-state index in [-0.39, 0.29) is 13.1 Å². The SMILES string of the molecule is Cc1cc(CN2CCC(C(=O)O)(C(F)(F)F)C2)on1. The molecule has 0 aliphatic carbocycles. The number of alkyl halides is 3. The summed E-state index contributed by atoms with van der Waals surface area (Å²) in [5, 5.41) is 12.5. The summed E-state index contributed by atoms with van der Waals surface area (Å²) in [6, 6.07) is 1.62. The van der Waals surface area contributed by atoms with E-state index in [1.165, 1.54) is 4.90 Å². The van der Waals surface area contributed by atoms with E-state index >= 15 is 0 Å². The van der Waals surface area contributed by atoms with Crippen LogP contribution in [-0.2, 0) is 11.3 Å². The van der Waals surface area contributed by atoms with Crippen LogP contribution in [0.1, 0.15) is 17.9 Å². The van der Waals surface area contributed by atoms with Gasteiger partial charge in [0.2, 0.25) is 0 Å². The van der Waals surface area contributed by atoms with Crippen LogP contribution in [0.5, 0.6) is 0 Å². The third kappa shape index (κ3) is 2.44.